The van der Waals surface area contributed by atoms with Crippen molar-refractivity contribution in [2.45, 2.75) is 46.3 Å². The van der Waals surface area contributed by atoms with Gasteiger partial charge in [0.05, 0.1) is 0 Å². The maximum absolute atomic E-state index is 12.3. The SMILES string of the molecule is Cc1cccc(C)c1OCC(O)CNC(=O)c1ccc(C(=O)NC(C)(C)C)cc1. The molecule has 0 aromatic heterocycles. The first-order valence-corrected chi connectivity index (χ1v) is 9.64. The van der Waals surface area contributed by atoms with Gasteiger partial charge in [0.2, 0.25) is 0 Å². The van der Waals surface area contributed by atoms with Crippen LogP contribution < -0.4 is 15.4 Å². The third-order valence-electron chi connectivity index (χ3n) is 4.22. The van der Waals surface area contributed by atoms with E-state index in [1.807, 2.05) is 52.8 Å². The highest BCUT2D eigenvalue weighted by Gasteiger charge is 2.16. The number of benzene rings is 2. The predicted octanol–water partition coefficient (Wildman–Crippen LogP) is 3.00. The molecule has 0 heterocycles. The predicted molar refractivity (Wildman–Crippen MR) is 113 cm³/mol. The first kappa shape index (κ1) is 22.4. The van der Waals surface area contributed by atoms with Crippen LogP contribution in [0.25, 0.3) is 0 Å². The van der Waals surface area contributed by atoms with Crippen LogP contribution in [0.5, 0.6) is 5.75 Å². The Bertz CT molecular complexity index is 834. The Morgan fingerprint density at radius 3 is 2.00 bits per heavy atom. The zero-order valence-electron chi connectivity index (χ0n) is 17.7. The second-order valence-electron chi connectivity index (χ2n) is 8.18. The van der Waals surface area contributed by atoms with Crippen LogP contribution in [-0.4, -0.2) is 41.7 Å². The third-order valence-corrected chi connectivity index (χ3v) is 4.22. The summed E-state index contributed by atoms with van der Waals surface area (Å²) in [6.07, 6.45) is -0.838. The molecule has 3 N–H and O–H groups in total. The molecule has 2 aromatic rings. The number of carbonyl (C=O) groups is 2. The van der Waals surface area contributed by atoms with E-state index in [1.54, 1.807) is 24.3 Å². The van der Waals surface area contributed by atoms with E-state index in [0.717, 1.165) is 16.9 Å². The maximum Gasteiger partial charge on any atom is 0.251 e. The van der Waals surface area contributed by atoms with Gasteiger partial charge in [-0.05, 0) is 70.0 Å². The molecule has 0 aliphatic rings. The molecule has 6 nitrogen and oxygen atoms in total. The van der Waals surface area contributed by atoms with Crippen molar-refractivity contribution in [2.75, 3.05) is 13.2 Å². The topological polar surface area (TPSA) is 87.7 Å². The van der Waals surface area contributed by atoms with Crippen LogP contribution in [0.2, 0.25) is 0 Å². The normalized spacial score (nSPS) is 12.2. The number of amides is 2. The van der Waals surface area contributed by atoms with Crippen LogP contribution in [0.1, 0.15) is 52.6 Å². The minimum Gasteiger partial charge on any atom is -0.490 e. The molecule has 156 valence electrons. The molecule has 0 aliphatic carbocycles. The number of carbonyl (C=O) groups excluding carboxylic acids is 2. The molecule has 0 aliphatic heterocycles. The van der Waals surface area contributed by atoms with Crippen LogP contribution in [0.4, 0.5) is 0 Å². The molecule has 0 bridgehead atoms. The molecular formula is C23H30N2O4. The lowest BCUT2D eigenvalue weighted by atomic mass is 10.1. The molecule has 2 amide bonds. The van der Waals surface area contributed by atoms with Crippen LogP contribution in [0, 0.1) is 13.8 Å². The second kappa shape index (κ2) is 9.56. The molecule has 29 heavy (non-hydrogen) atoms. The zero-order chi connectivity index (χ0) is 21.6. The minimum absolute atomic E-state index is 0.0655. The van der Waals surface area contributed by atoms with Crippen molar-refractivity contribution in [3.8, 4) is 5.75 Å². The number of ether oxygens (including phenoxy) is 1. The smallest absolute Gasteiger partial charge is 0.251 e. The van der Waals surface area contributed by atoms with Crippen molar-refractivity contribution in [1.82, 2.24) is 10.6 Å². The first-order valence-electron chi connectivity index (χ1n) is 9.64. The third kappa shape index (κ3) is 6.91. The number of nitrogens with one attached hydrogen (secondary N) is 2. The Morgan fingerprint density at radius 1 is 0.966 bits per heavy atom. The van der Waals surface area contributed by atoms with Crippen molar-refractivity contribution in [3.05, 3.63) is 64.7 Å². The Labute approximate surface area is 172 Å². The molecule has 2 rings (SSSR count). The number of para-hydroxylation sites is 1. The van der Waals surface area contributed by atoms with Gasteiger partial charge in [0.1, 0.15) is 18.5 Å². The van der Waals surface area contributed by atoms with Crippen molar-refractivity contribution in [2.24, 2.45) is 0 Å². The Kier molecular flexibility index (Phi) is 7.40. The number of aliphatic hydroxyl groups is 1. The summed E-state index contributed by atoms with van der Waals surface area (Å²) in [5, 5.41) is 15.7. The van der Waals surface area contributed by atoms with Crippen LogP contribution in [0.3, 0.4) is 0 Å². The summed E-state index contributed by atoms with van der Waals surface area (Å²) in [4.78, 5) is 24.4. The van der Waals surface area contributed by atoms with E-state index in [1.165, 1.54) is 0 Å². The highest BCUT2D eigenvalue weighted by molar-refractivity contribution is 5.98. The van der Waals surface area contributed by atoms with Gasteiger partial charge in [-0.15, -0.1) is 0 Å². The van der Waals surface area contributed by atoms with Gasteiger partial charge in [-0.25, -0.2) is 0 Å². The Hall–Kier alpha value is -2.86. The largest absolute Gasteiger partial charge is 0.490 e. The van der Waals surface area contributed by atoms with E-state index in [0.29, 0.717) is 11.1 Å². The Morgan fingerprint density at radius 2 is 1.48 bits per heavy atom. The van der Waals surface area contributed by atoms with E-state index in [4.69, 9.17) is 4.74 Å². The molecule has 2 aromatic carbocycles. The molecule has 0 radical (unpaired) electrons. The van der Waals surface area contributed by atoms with E-state index in [-0.39, 0.29) is 30.5 Å². The van der Waals surface area contributed by atoms with Crippen molar-refractivity contribution in [1.29, 1.82) is 0 Å². The monoisotopic (exact) mass is 398 g/mol. The van der Waals surface area contributed by atoms with Crippen LogP contribution >= 0.6 is 0 Å². The summed E-state index contributed by atoms with van der Waals surface area (Å²) in [5.41, 5.74) is 2.56. The number of hydrogen-bond acceptors (Lipinski definition) is 4. The van der Waals surface area contributed by atoms with Gasteiger partial charge in [0, 0.05) is 23.2 Å². The van der Waals surface area contributed by atoms with Gasteiger partial charge < -0.3 is 20.5 Å². The number of rotatable bonds is 7. The van der Waals surface area contributed by atoms with E-state index < -0.39 is 6.10 Å². The van der Waals surface area contributed by atoms with Gasteiger partial charge in [-0.3, -0.25) is 9.59 Å². The average molecular weight is 399 g/mol. The highest BCUT2D eigenvalue weighted by atomic mass is 16.5. The lowest BCUT2D eigenvalue weighted by Gasteiger charge is -2.20. The lowest BCUT2D eigenvalue weighted by molar-refractivity contribution is 0.0840. The van der Waals surface area contributed by atoms with E-state index in [9.17, 15) is 14.7 Å². The van der Waals surface area contributed by atoms with Crippen molar-refractivity contribution in [3.63, 3.8) is 0 Å². The fourth-order valence-electron chi connectivity index (χ4n) is 2.76. The van der Waals surface area contributed by atoms with E-state index >= 15 is 0 Å². The fourth-order valence-corrected chi connectivity index (χ4v) is 2.76. The summed E-state index contributed by atoms with van der Waals surface area (Å²) in [6, 6.07) is 12.2. The van der Waals surface area contributed by atoms with Crippen LogP contribution in [0.15, 0.2) is 42.5 Å². The number of aliphatic hydroxyl groups excluding tert-OH is 1. The van der Waals surface area contributed by atoms with Crippen molar-refractivity contribution < 1.29 is 19.4 Å². The summed E-state index contributed by atoms with van der Waals surface area (Å²) in [5.74, 6) is 0.240. The first-order chi connectivity index (χ1) is 13.6. The molecule has 1 atom stereocenters. The average Bonchev–Trinajstić information content (AvgIpc) is 2.64. The van der Waals surface area contributed by atoms with E-state index in [2.05, 4.69) is 10.6 Å². The highest BCUT2D eigenvalue weighted by Crippen LogP contribution is 2.22. The summed E-state index contributed by atoms with van der Waals surface area (Å²) in [7, 11) is 0. The lowest BCUT2D eigenvalue weighted by Crippen LogP contribution is -2.40. The van der Waals surface area contributed by atoms with Gasteiger partial charge in [-0.1, -0.05) is 18.2 Å². The second-order valence-corrected chi connectivity index (χ2v) is 8.18. The molecule has 0 saturated carbocycles. The van der Waals surface area contributed by atoms with Gasteiger partial charge >= 0.3 is 0 Å². The number of aryl methyl sites for hydroxylation is 2. The zero-order valence-corrected chi connectivity index (χ0v) is 17.7. The summed E-state index contributed by atoms with van der Waals surface area (Å²) in [6.45, 7) is 9.75. The Balaban J connectivity index is 1.84. The van der Waals surface area contributed by atoms with Gasteiger partial charge in [0.25, 0.3) is 11.8 Å². The summed E-state index contributed by atoms with van der Waals surface area (Å²) >= 11 is 0. The van der Waals surface area contributed by atoms with Crippen molar-refractivity contribution >= 4 is 11.8 Å². The fraction of sp³-hybridized carbons (Fsp3) is 0.391. The molecule has 0 fully saturated rings. The number of hydrogen-bond donors (Lipinski definition) is 3. The molecule has 0 saturated heterocycles. The molecule has 6 heteroatoms. The quantitative estimate of drug-likeness (QED) is 0.669. The molecule has 0 spiro atoms. The molecule has 1 unspecified atom stereocenters. The van der Waals surface area contributed by atoms with Gasteiger partial charge in [-0.2, -0.15) is 0 Å². The minimum atomic E-state index is -0.838. The van der Waals surface area contributed by atoms with Gasteiger partial charge in [0.15, 0.2) is 0 Å². The molecular weight excluding hydrogens is 368 g/mol. The van der Waals surface area contributed by atoms with Crippen LogP contribution in [-0.2, 0) is 0 Å². The maximum atomic E-state index is 12.3. The standard InChI is InChI=1S/C23H30N2O4/c1-15-7-6-8-16(2)20(15)29-14-19(26)13-24-21(27)17-9-11-18(12-10-17)22(28)25-23(3,4)5/h6-12,19,26H,13-14H2,1-5H3,(H,24,27)(H,25,28). The summed E-state index contributed by atoms with van der Waals surface area (Å²) < 4.78 is 5.70.